The predicted octanol–water partition coefficient (Wildman–Crippen LogP) is 1.80. The number of benzene rings is 1. The number of nitrogens with zero attached hydrogens (tertiary/aromatic N) is 1. The summed E-state index contributed by atoms with van der Waals surface area (Å²) in [6.45, 7) is 1.74. The quantitative estimate of drug-likeness (QED) is 0.666. The zero-order chi connectivity index (χ0) is 9.10. The van der Waals surface area contributed by atoms with Crippen molar-refractivity contribution in [3.8, 4) is 0 Å². The van der Waals surface area contributed by atoms with Gasteiger partial charge in [-0.2, -0.15) is 0 Å². The summed E-state index contributed by atoms with van der Waals surface area (Å²) in [5.74, 6) is 0. The first-order valence-corrected chi connectivity index (χ1v) is 4.63. The fraction of sp³-hybridized carbons (Fsp3) is 0.400. The van der Waals surface area contributed by atoms with Crippen molar-refractivity contribution in [2.75, 3.05) is 23.9 Å². The third-order valence-electron chi connectivity index (χ3n) is 2.21. The van der Waals surface area contributed by atoms with E-state index >= 15 is 0 Å². The minimum Gasteiger partial charge on any atom is -0.397 e. The van der Waals surface area contributed by atoms with Gasteiger partial charge in [0.05, 0.1) is 18.0 Å². The summed E-state index contributed by atoms with van der Waals surface area (Å²) in [7, 11) is 0. The summed E-state index contributed by atoms with van der Waals surface area (Å²) in [6, 6.07) is 7.79. The van der Waals surface area contributed by atoms with Crippen LogP contribution in [0.1, 0.15) is 12.8 Å². The van der Waals surface area contributed by atoms with Gasteiger partial charge in [-0.05, 0) is 25.0 Å². The minimum atomic E-state index is 0.782. The van der Waals surface area contributed by atoms with Gasteiger partial charge >= 0.3 is 0 Å². The number of nitrogens with two attached hydrogens (primary N) is 1. The average Bonchev–Trinajstić information content (AvgIpc) is 2.20. The summed E-state index contributed by atoms with van der Waals surface area (Å²) in [5.41, 5.74) is 7.60. The zero-order valence-electron chi connectivity index (χ0n) is 7.57. The Balaban J connectivity index is 2.18. The van der Waals surface area contributed by atoms with Crippen molar-refractivity contribution in [3.05, 3.63) is 24.3 Å². The molecular formula is C10H14N2O. The molecule has 1 aromatic carbocycles. The van der Waals surface area contributed by atoms with Gasteiger partial charge in [0.2, 0.25) is 0 Å². The lowest BCUT2D eigenvalue weighted by Crippen LogP contribution is -2.30. The van der Waals surface area contributed by atoms with E-state index < -0.39 is 0 Å². The van der Waals surface area contributed by atoms with E-state index in [1.54, 1.807) is 0 Å². The number of nitrogen functional groups attached to an aromatic ring is 1. The molecule has 0 unspecified atom stereocenters. The molecule has 2 N–H and O–H groups in total. The summed E-state index contributed by atoms with van der Waals surface area (Å²) >= 11 is 0. The Bertz CT molecular complexity index is 282. The van der Waals surface area contributed by atoms with Gasteiger partial charge in [-0.3, -0.25) is 9.90 Å². The normalized spacial score (nSPS) is 17.4. The predicted molar refractivity (Wildman–Crippen MR) is 53.4 cm³/mol. The summed E-state index contributed by atoms with van der Waals surface area (Å²) in [4.78, 5) is 5.50. The standard InChI is InChI=1S/C10H14N2O/c11-9-5-1-2-6-10(9)12-7-3-4-8-13-12/h1-2,5-6H,3-4,7-8,11H2. The monoisotopic (exact) mass is 178 g/mol. The molecule has 0 spiro atoms. The molecule has 1 aliphatic rings. The summed E-state index contributed by atoms with van der Waals surface area (Å²) in [5, 5.41) is 1.89. The first-order valence-electron chi connectivity index (χ1n) is 4.63. The molecular weight excluding hydrogens is 164 g/mol. The second-order valence-corrected chi connectivity index (χ2v) is 3.20. The fourth-order valence-electron chi connectivity index (χ4n) is 1.50. The number of rotatable bonds is 1. The van der Waals surface area contributed by atoms with Crippen molar-refractivity contribution >= 4 is 11.4 Å². The highest BCUT2D eigenvalue weighted by Crippen LogP contribution is 2.24. The van der Waals surface area contributed by atoms with E-state index in [0.29, 0.717) is 0 Å². The molecule has 0 aliphatic carbocycles. The topological polar surface area (TPSA) is 38.5 Å². The van der Waals surface area contributed by atoms with E-state index in [-0.39, 0.29) is 0 Å². The van der Waals surface area contributed by atoms with E-state index in [1.807, 2.05) is 29.3 Å². The largest absolute Gasteiger partial charge is 0.397 e. The smallest absolute Gasteiger partial charge is 0.0865 e. The van der Waals surface area contributed by atoms with Gasteiger partial charge in [0.25, 0.3) is 0 Å². The van der Waals surface area contributed by atoms with Crippen LogP contribution in [0.25, 0.3) is 0 Å². The van der Waals surface area contributed by atoms with Gasteiger partial charge in [0.1, 0.15) is 0 Å². The molecule has 1 heterocycles. The zero-order valence-corrected chi connectivity index (χ0v) is 7.57. The van der Waals surface area contributed by atoms with Crippen LogP contribution >= 0.6 is 0 Å². The highest BCUT2D eigenvalue weighted by atomic mass is 16.7. The Morgan fingerprint density at radius 2 is 2.08 bits per heavy atom. The summed E-state index contributed by atoms with van der Waals surface area (Å²) in [6.07, 6.45) is 2.32. The highest BCUT2D eigenvalue weighted by Gasteiger charge is 2.13. The molecule has 13 heavy (non-hydrogen) atoms. The first-order chi connectivity index (χ1) is 6.38. The molecule has 0 amide bonds. The SMILES string of the molecule is Nc1ccccc1N1CCCCO1. The highest BCUT2D eigenvalue weighted by molar-refractivity contribution is 5.65. The van der Waals surface area contributed by atoms with Crippen molar-refractivity contribution < 1.29 is 4.84 Å². The first kappa shape index (κ1) is 8.38. The van der Waals surface area contributed by atoms with Gasteiger partial charge in [0, 0.05) is 6.54 Å². The Kier molecular flexibility index (Phi) is 2.36. The molecule has 1 saturated heterocycles. The molecule has 1 fully saturated rings. The second-order valence-electron chi connectivity index (χ2n) is 3.20. The van der Waals surface area contributed by atoms with E-state index in [2.05, 4.69) is 0 Å². The van der Waals surface area contributed by atoms with Gasteiger partial charge in [0.15, 0.2) is 0 Å². The van der Waals surface area contributed by atoms with Gasteiger partial charge in [-0.1, -0.05) is 12.1 Å². The van der Waals surface area contributed by atoms with E-state index in [9.17, 15) is 0 Å². The Morgan fingerprint density at radius 1 is 1.23 bits per heavy atom. The van der Waals surface area contributed by atoms with Crippen LogP contribution in [0.2, 0.25) is 0 Å². The van der Waals surface area contributed by atoms with Crippen LogP contribution in [0, 0.1) is 0 Å². The number of hydrogen-bond acceptors (Lipinski definition) is 3. The van der Waals surface area contributed by atoms with Crippen LogP contribution in [0.5, 0.6) is 0 Å². The molecule has 70 valence electrons. The molecule has 0 saturated carbocycles. The van der Waals surface area contributed by atoms with Gasteiger partial charge < -0.3 is 5.73 Å². The molecule has 0 bridgehead atoms. The van der Waals surface area contributed by atoms with Crippen molar-refractivity contribution in [2.24, 2.45) is 0 Å². The average molecular weight is 178 g/mol. The maximum Gasteiger partial charge on any atom is 0.0865 e. The third kappa shape index (κ3) is 1.75. The van der Waals surface area contributed by atoms with Crippen LogP contribution in [0.4, 0.5) is 11.4 Å². The molecule has 1 aliphatic heterocycles. The van der Waals surface area contributed by atoms with Crippen molar-refractivity contribution in [3.63, 3.8) is 0 Å². The van der Waals surface area contributed by atoms with Crippen LogP contribution in [0.3, 0.4) is 0 Å². The van der Waals surface area contributed by atoms with Gasteiger partial charge in [-0.15, -0.1) is 0 Å². The Morgan fingerprint density at radius 3 is 2.77 bits per heavy atom. The molecule has 3 heteroatoms. The molecule has 0 aromatic heterocycles. The van der Waals surface area contributed by atoms with E-state index in [4.69, 9.17) is 10.6 Å². The summed E-state index contributed by atoms with van der Waals surface area (Å²) < 4.78 is 0. The van der Waals surface area contributed by atoms with Crippen molar-refractivity contribution in [1.29, 1.82) is 0 Å². The lowest BCUT2D eigenvalue weighted by atomic mass is 10.2. The van der Waals surface area contributed by atoms with Crippen molar-refractivity contribution in [2.45, 2.75) is 12.8 Å². The molecule has 0 atom stereocenters. The van der Waals surface area contributed by atoms with Crippen molar-refractivity contribution in [1.82, 2.24) is 0 Å². The van der Waals surface area contributed by atoms with Gasteiger partial charge in [-0.25, -0.2) is 0 Å². The minimum absolute atomic E-state index is 0.782. The number of para-hydroxylation sites is 2. The second kappa shape index (κ2) is 3.66. The molecule has 3 nitrogen and oxygen atoms in total. The fourth-order valence-corrected chi connectivity index (χ4v) is 1.50. The number of hydroxylamine groups is 1. The Labute approximate surface area is 78.1 Å². The maximum absolute atomic E-state index is 5.83. The van der Waals surface area contributed by atoms with E-state index in [0.717, 1.165) is 30.9 Å². The lowest BCUT2D eigenvalue weighted by Gasteiger charge is -2.28. The lowest BCUT2D eigenvalue weighted by molar-refractivity contribution is 0.0781. The van der Waals surface area contributed by atoms with E-state index in [1.165, 1.54) is 6.42 Å². The van der Waals surface area contributed by atoms with Crippen LogP contribution in [-0.2, 0) is 4.84 Å². The molecule has 2 rings (SSSR count). The van der Waals surface area contributed by atoms with Crippen LogP contribution < -0.4 is 10.8 Å². The number of anilines is 2. The van der Waals surface area contributed by atoms with Crippen LogP contribution in [-0.4, -0.2) is 13.2 Å². The molecule has 0 radical (unpaired) electrons. The Hall–Kier alpha value is -1.22. The third-order valence-corrected chi connectivity index (χ3v) is 2.21. The number of hydrogen-bond donors (Lipinski definition) is 1. The van der Waals surface area contributed by atoms with Crippen LogP contribution in [0.15, 0.2) is 24.3 Å². The maximum atomic E-state index is 5.83. The molecule has 1 aromatic rings.